The van der Waals surface area contributed by atoms with E-state index >= 15 is 0 Å². The van der Waals surface area contributed by atoms with Crippen LogP contribution < -0.4 is 5.32 Å². The molecule has 114 valence electrons. The molecule has 1 aliphatic rings. The molecular weight excluding hydrogens is 236 g/mol. The molecule has 0 aliphatic heterocycles. The molecule has 0 radical (unpaired) electrons. The Morgan fingerprint density at radius 3 is 2.53 bits per heavy atom. The van der Waals surface area contributed by atoms with Gasteiger partial charge in [0.25, 0.3) is 0 Å². The number of hydrogen-bond acceptors (Lipinski definition) is 3. The third-order valence-corrected chi connectivity index (χ3v) is 4.34. The average Bonchev–Trinajstić information content (AvgIpc) is 2.20. The highest BCUT2D eigenvalue weighted by molar-refractivity contribution is 4.94. The summed E-state index contributed by atoms with van der Waals surface area (Å²) >= 11 is 0. The molecule has 0 spiro atoms. The first-order valence-corrected chi connectivity index (χ1v) is 7.80. The zero-order valence-corrected chi connectivity index (χ0v) is 13.8. The van der Waals surface area contributed by atoms with E-state index in [4.69, 9.17) is 0 Å². The lowest BCUT2D eigenvalue weighted by Crippen LogP contribution is -2.53. The number of rotatable bonds is 6. The van der Waals surface area contributed by atoms with E-state index in [1.54, 1.807) is 0 Å². The van der Waals surface area contributed by atoms with E-state index in [0.29, 0.717) is 17.4 Å². The van der Waals surface area contributed by atoms with E-state index < -0.39 is 5.60 Å². The van der Waals surface area contributed by atoms with Crippen molar-refractivity contribution in [3.8, 4) is 0 Å². The van der Waals surface area contributed by atoms with Crippen molar-refractivity contribution in [2.75, 3.05) is 26.7 Å². The Morgan fingerprint density at radius 1 is 1.37 bits per heavy atom. The Balaban J connectivity index is 2.63. The fourth-order valence-electron chi connectivity index (χ4n) is 3.77. The maximum atomic E-state index is 9.93. The van der Waals surface area contributed by atoms with Gasteiger partial charge in [-0.2, -0.15) is 0 Å². The van der Waals surface area contributed by atoms with Gasteiger partial charge in [0.2, 0.25) is 0 Å². The second kappa shape index (κ2) is 6.55. The Bertz CT molecular complexity index is 270. The van der Waals surface area contributed by atoms with E-state index in [2.05, 4.69) is 38.0 Å². The highest BCUT2D eigenvalue weighted by Gasteiger charge is 2.38. The summed E-state index contributed by atoms with van der Waals surface area (Å²) in [6.07, 6.45) is 3.95. The maximum Gasteiger partial charge on any atom is 0.0718 e. The molecule has 2 atom stereocenters. The zero-order chi connectivity index (χ0) is 14.7. The van der Waals surface area contributed by atoms with Crippen LogP contribution in [0.5, 0.6) is 0 Å². The smallest absolute Gasteiger partial charge is 0.0718 e. The van der Waals surface area contributed by atoms with E-state index in [0.717, 1.165) is 19.6 Å². The molecule has 3 heteroatoms. The van der Waals surface area contributed by atoms with Crippen LogP contribution in [0.3, 0.4) is 0 Å². The predicted molar refractivity (Wildman–Crippen MR) is 82.4 cm³/mol. The lowest BCUT2D eigenvalue weighted by molar-refractivity contribution is 0.0258. The summed E-state index contributed by atoms with van der Waals surface area (Å²) in [6.45, 7) is 13.6. The van der Waals surface area contributed by atoms with Gasteiger partial charge in [0.15, 0.2) is 0 Å². The summed E-state index contributed by atoms with van der Waals surface area (Å²) in [5, 5.41) is 13.6. The maximum absolute atomic E-state index is 9.93. The van der Waals surface area contributed by atoms with Gasteiger partial charge in [0.1, 0.15) is 0 Å². The van der Waals surface area contributed by atoms with E-state index in [1.165, 1.54) is 19.3 Å². The van der Waals surface area contributed by atoms with Gasteiger partial charge in [-0.25, -0.2) is 0 Å². The van der Waals surface area contributed by atoms with Crippen LogP contribution in [0, 0.1) is 11.3 Å². The lowest BCUT2D eigenvalue weighted by atomic mass is 9.67. The van der Waals surface area contributed by atoms with Crippen molar-refractivity contribution in [2.45, 2.75) is 65.5 Å². The van der Waals surface area contributed by atoms with Crippen molar-refractivity contribution in [1.82, 2.24) is 10.2 Å². The third-order valence-electron chi connectivity index (χ3n) is 4.34. The standard InChI is InChI=1S/C16H34N2O/c1-7-17-14-13(9-8-10-15(14,2)3)11-18(6)12-16(4,5)19/h13-14,17,19H,7-12H2,1-6H3. The third kappa shape index (κ3) is 5.41. The number of nitrogens with one attached hydrogen (secondary N) is 1. The number of likely N-dealkylation sites (N-methyl/N-ethyl adjacent to an activating group) is 1. The molecule has 0 aromatic heterocycles. The van der Waals surface area contributed by atoms with Gasteiger partial charge in [-0.15, -0.1) is 0 Å². The topological polar surface area (TPSA) is 35.5 Å². The molecule has 0 aromatic rings. The second-order valence-corrected chi connectivity index (χ2v) is 7.69. The fourth-order valence-corrected chi connectivity index (χ4v) is 3.77. The molecule has 3 nitrogen and oxygen atoms in total. The quantitative estimate of drug-likeness (QED) is 0.778. The average molecular weight is 270 g/mol. The molecule has 0 amide bonds. The van der Waals surface area contributed by atoms with Gasteiger partial charge in [0.05, 0.1) is 5.60 Å². The highest BCUT2D eigenvalue weighted by Crippen LogP contribution is 2.39. The molecule has 19 heavy (non-hydrogen) atoms. The summed E-state index contributed by atoms with van der Waals surface area (Å²) in [5.41, 5.74) is -0.221. The van der Waals surface area contributed by atoms with Crippen LogP contribution in [0.2, 0.25) is 0 Å². The van der Waals surface area contributed by atoms with Crippen molar-refractivity contribution < 1.29 is 5.11 Å². The van der Waals surface area contributed by atoms with E-state index in [1.807, 2.05) is 13.8 Å². The van der Waals surface area contributed by atoms with Crippen LogP contribution in [0.4, 0.5) is 0 Å². The molecule has 2 N–H and O–H groups in total. The molecule has 0 saturated heterocycles. The molecular formula is C16H34N2O. The number of hydrogen-bond donors (Lipinski definition) is 2. The van der Waals surface area contributed by atoms with Crippen molar-refractivity contribution in [1.29, 1.82) is 0 Å². The molecule has 1 aliphatic carbocycles. The molecule has 0 bridgehead atoms. The van der Waals surface area contributed by atoms with Crippen LogP contribution in [-0.2, 0) is 0 Å². The Kier molecular flexibility index (Phi) is 5.84. The van der Waals surface area contributed by atoms with Crippen molar-refractivity contribution >= 4 is 0 Å². The van der Waals surface area contributed by atoms with Gasteiger partial charge in [-0.3, -0.25) is 0 Å². The monoisotopic (exact) mass is 270 g/mol. The fraction of sp³-hybridized carbons (Fsp3) is 1.00. The first-order valence-electron chi connectivity index (χ1n) is 7.80. The summed E-state index contributed by atoms with van der Waals surface area (Å²) in [5.74, 6) is 0.691. The van der Waals surface area contributed by atoms with Gasteiger partial charge in [-0.1, -0.05) is 27.2 Å². The van der Waals surface area contributed by atoms with E-state index in [9.17, 15) is 5.11 Å². The van der Waals surface area contributed by atoms with Crippen LogP contribution in [0.15, 0.2) is 0 Å². The Morgan fingerprint density at radius 2 is 2.00 bits per heavy atom. The van der Waals surface area contributed by atoms with Gasteiger partial charge < -0.3 is 15.3 Å². The van der Waals surface area contributed by atoms with Crippen LogP contribution in [0.1, 0.15) is 53.9 Å². The van der Waals surface area contributed by atoms with E-state index in [-0.39, 0.29) is 0 Å². The summed E-state index contributed by atoms with van der Waals surface area (Å²) in [6, 6.07) is 0.593. The van der Waals surface area contributed by atoms with Crippen molar-refractivity contribution in [2.24, 2.45) is 11.3 Å². The van der Waals surface area contributed by atoms with Gasteiger partial charge in [-0.05, 0) is 51.6 Å². The van der Waals surface area contributed by atoms with Crippen molar-refractivity contribution in [3.05, 3.63) is 0 Å². The minimum Gasteiger partial charge on any atom is -0.389 e. The molecule has 0 aromatic carbocycles. The normalized spacial score (nSPS) is 27.8. The number of nitrogens with zero attached hydrogens (tertiary/aromatic N) is 1. The molecule has 1 rings (SSSR count). The minimum absolute atomic E-state index is 0.383. The molecule has 1 saturated carbocycles. The molecule has 2 unspecified atom stereocenters. The Hall–Kier alpha value is -0.120. The van der Waals surface area contributed by atoms with Crippen LogP contribution >= 0.6 is 0 Å². The highest BCUT2D eigenvalue weighted by atomic mass is 16.3. The SMILES string of the molecule is CCNC1C(CN(C)CC(C)(C)O)CCCC1(C)C. The zero-order valence-electron chi connectivity index (χ0n) is 13.8. The van der Waals surface area contributed by atoms with Gasteiger partial charge in [0, 0.05) is 19.1 Å². The summed E-state index contributed by atoms with van der Waals surface area (Å²) < 4.78 is 0. The van der Waals surface area contributed by atoms with Crippen LogP contribution in [0.25, 0.3) is 0 Å². The first kappa shape index (κ1) is 16.9. The van der Waals surface area contributed by atoms with Gasteiger partial charge >= 0.3 is 0 Å². The minimum atomic E-state index is -0.605. The lowest BCUT2D eigenvalue weighted by Gasteiger charge is -2.46. The number of aliphatic hydroxyl groups is 1. The van der Waals surface area contributed by atoms with Crippen LogP contribution in [-0.4, -0.2) is 48.3 Å². The van der Waals surface area contributed by atoms with Crippen molar-refractivity contribution in [3.63, 3.8) is 0 Å². The first-order chi connectivity index (χ1) is 8.65. The second-order valence-electron chi connectivity index (χ2n) is 7.69. The summed E-state index contributed by atoms with van der Waals surface area (Å²) in [7, 11) is 2.13. The summed E-state index contributed by atoms with van der Waals surface area (Å²) in [4.78, 5) is 2.29. The molecule has 0 heterocycles. The predicted octanol–water partition coefficient (Wildman–Crippen LogP) is 2.49. The Labute approximate surface area is 119 Å². The molecule has 1 fully saturated rings. The largest absolute Gasteiger partial charge is 0.389 e.